The lowest BCUT2D eigenvalue weighted by Gasteiger charge is -2.08. The van der Waals surface area contributed by atoms with Gasteiger partial charge in [0.05, 0.1) is 17.4 Å². The summed E-state index contributed by atoms with van der Waals surface area (Å²) < 4.78 is 0. The Hall–Kier alpha value is -3.98. The van der Waals surface area contributed by atoms with E-state index in [-0.39, 0.29) is 5.91 Å². The fourth-order valence-electron chi connectivity index (χ4n) is 3.11. The molecule has 0 unspecified atom stereocenters. The number of rotatable bonds is 4. The van der Waals surface area contributed by atoms with E-state index in [1.54, 1.807) is 24.8 Å². The maximum absolute atomic E-state index is 12.1. The van der Waals surface area contributed by atoms with Gasteiger partial charge in [-0.15, -0.1) is 0 Å². The number of fused-ring (bicyclic) bond motifs is 1. The number of aromatic nitrogens is 4. The van der Waals surface area contributed by atoms with Crippen molar-refractivity contribution in [2.45, 2.75) is 20.3 Å². The van der Waals surface area contributed by atoms with Gasteiger partial charge in [-0.25, -0.2) is 0 Å². The molecule has 4 aromatic rings. The molecule has 0 aliphatic carbocycles. The molecule has 4 rings (SSSR count). The largest absolute Gasteiger partial charge is 0.325 e. The maximum Gasteiger partial charge on any atom is 0.224 e. The number of benzene rings is 1. The second-order valence-electron chi connectivity index (χ2n) is 7.43. The number of pyridine rings is 2. The van der Waals surface area contributed by atoms with Crippen LogP contribution >= 0.6 is 0 Å². The molecule has 1 aromatic carbocycles. The Morgan fingerprint density at radius 1 is 1.07 bits per heavy atom. The summed E-state index contributed by atoms with van der Waals surface area (Å²) in [5.41, 5.74) is 4.98. The first kappa shape index (κ1) is 19.3. The number of H-pyrrole nitrogens is 1. The molecule has 1 amide bonds. The highest BCUT2D eigenvalue weighted by molar-refractivity contribution is 5.92. The van der Waals surface area contributed by atoms with Crippen LogP contribution in [0.2, 0.25) is 0 Å². The lowest BCUT2D eigenvalue weighted by Crippen LogP contribution is -2.13. The van der Waals surface area contributed by atoms with Gasteiger partial charge in [0.15, 0.2) is 0 Å². The third-order valence-electron chi connectivity index (χ3n) is 4.50. The smallest absolute Gasteiger partial charge is 0.224 e. The van der Waals surface area contributed by atoms with Crippen molar-refractivity contribution in [3.63, 3.8) is 0 Å². The number of hydrogen-bond acceptors (Lipinski definition) is 4. The zero-order valence-electron chi connectivity index (χ0n) is 16.8. The summed E-state index contributed by atoms with van der Waals surface area (Å²) in [6.07, 6.45) is 7.35. The molecule has 0 aliphatic rings. The highest BCUT2D eigenvalue weighted by Crippen LogP contribution is 2.26. The van der Waals surface area contributed by atoms with Crippen LogP contribution in [0.25, 0.3) is 22.0 Å². The molecule has 0 bridgehead atoms. The minimum Gasteiger partial charge on any atom is -0.325 e. The van der Waals surface area contributed by atoms with Crippen molar-refractivity contribution in [3.05, 3.63) is 72.4 Å². The third-order valence-corrected chi connectivity index (χ3v) is 4.50. The third kappa shape index (κ3) is 4.53. The first-order valence-corrected chi connectivity index (χ1v) is 9.74. The van der Waals surface area contributed by atoms with Crippen molar-refractivity contribution in [3.8, 4) is 23.0 Å². The number of aromatic amines is 1. The molecule has 6 heteroatoms. The molecule has 30 heavy (non-hydrogen) atoms. The van der Waals surface area contributed by atoms with Gasteiger partial charge in [0.2, 0.25) is 5.91 Å². The van der Waals surface area contributed by atoms with Crippen LogP contribution in [0.3, 0.4) is 0 Å². The molecular weight excluding hydrogens is 374 g/mol. The van der Waals surface area contributed by atoms with Crippen LogP contribution in [-0.4, -0.2) is 26.1 Å². The van der Waals surface area contributed by atoms with Gasteiger partial charge >= 0.3 is 0 Å². The van der Waals surface area contributed by atoms with Crippen molar-refractivity contribution in [2.24, 2.45) is 5.92 Å². The van der Waals surface area contributed by atoms with Crippen molar-refractivity contribution < 1.29 is 4.79 Å². The molecule has 0 saturated heterocycles. The van der Waals surface area contributed by atoms with Crippen LogP contribution in [0.1, 0.15) is 31.5 Å². The van der Waals surface area contributed by atoms with Crippen molar-refractivity contribution >= 4 is 22.5 Å². The van der Waals surface area contributed by atoms with Crippen molar-refractivity contribution in [2.75, 3.05) is 5.32 Å². The fourth-order valence-corrected chi connectivity index (χ4v) is 3.11. The quantitative estimate of drug-likeness (QED) is 0.502. The lowest BCUT2D eigenvalue weighted by atomic mass is 10.0. The summed E-state index contributed by atoms with van der Waals surface area (Å²) >= 11 is 0. The summed E-state index contributed by atoms with van der Waals surface area (Å²) in [4.78, 5) is 20.4. The summed E-state index contributed by atoms with van der Waals surface area (Å²) in [5.74, 6) is 6.53. The number of carbonyl (C=O) groups excluding carboxylic acids is 1. The van der Waals surface area contributed by atoms with Gasteiger partial charge in [-0.1, -0.05) is 25.8 Å². The maximum atomic E-state index is 12.1. The van der Waals surface area contributed by atoms with E-state index in [4.69, 9.17) is 0 Å². The molecule has 0 atom stereocenters. The van der Waals surface area contributed by atoms with E-state index in [0.717, 1.165) is 33.3 Å². The van der Waals surface area contributed by atoms with Crippen LogP contribution in [0, 0.1) is 17.8 Å². The molecule has 0 aliphatic heterocycles. The Balaban J connectivity index is 1.63. The Kier molecular flexibility index (Phi) is 5.53. The van der Waals surface area contributed by atoms with Gasteiger partial charge in [0, 0.05) is 41.5 Å². The van der Waals surface area contributed by atoms with Gasteiger partial charge in [0.25, 0.3) is 0 Å². The fraction of sp³-hybridized carbons (Fsp3) is 0.167. The Morgan fingerprint density at radius 3 is 2.77 bits per heavy atom. The summed E-state index contributed by atoms with van der Waals surface area (Å²) in [7, 11) is 0. The molecule has 3 aromatic heterocycles. The molecule has 0 fully saturated rings. The van der Waals surface area contributed by atoms with E-state index in [0.29, 0.717) is 18.0 Å². The SMILES string of the molecule is CC(C)CC(=O)Nc1cncc(-c2ccc3n[nH]c(C#Cc4cccnc4)c3c2)c1. The highest BCUT2D eigenvalue weighted by atomic mass is 16.1. The van der Waals surface area contributed by atoms with Crippen LogP contribution in [0.5, 0.6) is 0 Å². The predicted octanol–water partition coefficient (Wildman–Crippen LogP) is 4.40. The molecule has 0 saturated carbocycles. The van der Waals surface area contributed by atoms with E-state index in [9.17, 15) is 4.79 Å². The lowest BCUT2D eigenvalue weighted by molar-refractivity contribution is -0.116. The summed E-state index contributed by atoms with van der Waals surface area (Å²) in [5, 5.41) is 11.2. The number of hydrogen-bond donors (Lipinski definition) is 2. The topological polar surface area (TPSA) is 83.6 Å². The molecular formula is C24H21N5O. The van der Waals surface area contributed by atoms with E-state index < -0.39 is 0 Å². The number of amides is 1. The van der Waals surface area contributed by atoms with Crippen molar-refractivity contribution in [1.29, 1.82) is 0 Å². The average Bonchev–Trinajstić information content (AvgIpc) is 3.15. The summed E-state index contributed by atoms with van der Waals surface area (Å²) in [6, 6.07) is 11.6. The van der Waals surface area contributed by atoms with Gasteiger partial charge < -0.3 is 5.32 Å². The Bertz CT molecular complexity index is 1250. The van der Waals surface area contributed by atoms with Crippen LogP contribution < -0.4 is 5.32 Å². The van der Waals surface area contributed by atoms with E-state index >= 15 is 0 Å². The number of nitrogens with zero attached hydrogens (tertiary/aromatic N) is 3. The van der Waals surface area contributed by atoms with Crippen LogP contribution in [0.4, 0.5) is 5.69 Å². The minimum absolute atomic E-state index is 0.0119. The summed E-state index contributed by atoms with van der Waals surface area (Å²) in [6.45, 7) is 4.03. The first-order chi connectivity index (χ1) is 14.6. The monoisotopic (exact) mass is 395 g/mol. The van der Waals surface area contributed by atoms with Crippen molar-refractivity contribution in [1.82, 2.24) is 20.2 Å². The van der Waals surface area contributed by atoms with E-state index in [2.05, 4.69) is 37.3 Å². The first-order valence-electron chi connectivity index (χ1n) is 9.74. The number of anilines is 1. The van der Waals surface area contributed by atoms with Gasteiger partial charge in [-0.05, 0) is 47.7 Å². The molecule has 0 spiro atoms. The Labute approximate surface area is 174 Å². The Morgan fingerprint density at radius 2 is 1.97 bits per heavy atom. The van der Waals surface area contributed by atoms with Gasteiger partial charge in [-0.3, -0.25) is 19.9 Å². The minimum atomic E-state index is -0.0119. The van der Waals surface area contributed by atoms with Gasteiger partial charge in [-0.2, -0.15) is 5.10 Å². The predicted molar refractivity (Wildman–Crippen MR) is 118 cm³/mol. The molecule has 3 heterocycles. The second kappa shape index (κ2) is 8.58. The highest BCUT2D eigenvalue weighted by Gasteiger charge is 2.09. The normalized spacial score (nSPS) is 10.6. The number of nitrogens with one attached hydrogen (secondary N) is 2. The molecule has 2 N–H and O–H groups in total. The zero-order chi connectivity index (χ0) is 20.9. The molecule has 6 nitrogen and oxygen atoms in total. The van der Waals surface area contributed by atoms with Gasteiger partial charge in [0.1, 0.15) is 5.69 Å². The average molecular weight is 395 g/mol. The number of carbonyl (C=O) groups is 1. The molecule has 0 radical (unpaired) electrons. The second-order valence-corrected chi connectivity index (χ2v) is 7.43. The van der Waals surface area contributed by atoms with Crippen LogP contribution in [-0.2, 0) is 4.79 Å². The molecule has 148 valence electrons. The van der Waals surface area contributed by atoms with E-state index in [1.807, 2.05) is 50.2 Å². The zero-order valence-corrected chi connectivity index (χ0v) is 16.8. The van der Waals surface area contributed by atoms with Crippen LogP contribution in [0.15, 0.2) is 61.2 Å². The standard InChI is InChI=1S/C24H21N5O/c1-16(2)10-24(30)27-20-11-19(14-26-15-20)18-6-8-23-21(12-18)22(28-29-23)7-5-17-4-3-9-25-13-17/h3-4,6,8-9,11-16H,10H2,1-2H3,(H,27,30)(H,28,29). The van der Waals surface area contributed by atoms with E-state index in [1.165, 1.54) is 0 Å².